The van der Waals surface area contributed by atoms with Gasteiger partial charge in [0.2, 0.25) is 5.95 Å². The zero-order chi connectivity index (χ0) is 17.1. The van der Waals surface area contributed by atoms with Gasteiger partial charge >= 0.3 is 0 Å². The molecule has 2 aromatic rings. The number of aromatic nitrogens is 4. The second kappa shape index (κ2) is 7.14. The van der Waals surface area contributed by atoms with Crippen molar-refractivity contribution >= 4 is 11.8 Å². The first kappa shape index (κ1) is 16.7. The molecule has 8 heteroatoms. The van der Waals surface area contributed by atoms with E-state index in [0.717, 1.165) is 30.4 Å². The SMILES string of the molecule is CO[C@@H]1CN(c2ccnc(N(C)C)n2)C[C@@H]1NCc1ncc(C)[nH]1. The van der Waals surface area contributed by atoms with E-state index < -0.39 is 0 Å². The maximum atomic E-state index is 5.66. The number of H-pyrrole nitrogens is 1. The average molecular weight is 331 g/mol. The van der Waals surface area contributed by atoms with Gasteiger partial charge in [0, 0.05) is 52.4 Å². The van der Waals surface area contributed by atoms with Gasteiger partial charge in [-0.05, 0) is 13.0 Å². The van der Waals surface area contributed by atoms with Crippen LogP contribution in [-0.4, -0.2) is 66.4 Å². The van der Waals surface area contributed by atoms with Gasteiger partial charge in [-0.3, -0.25) is 0 Å². The topological polar surface area (TPSA) is 82.2 Å². The van der Waals surface area contributed by atoms with Crippen LogP contribution in [0.1, 0.15) is 11.5 Å². The standard InChI is InChI=1S/C16H25N7O/c1-11-7-19-14(20-11)8-18-12-9-23(10-13(12)24-4)15-5-6-17-16(21-15)22(2)3/h5-7,12-13,18H,8-10H2,1-4H3,(H,19,20)/t12-,13+/m0/s1. The lowest BCUT2D eigenvalue weighted by atomic mass is 10.2. The van der Waals surface area contributed by atoms with Crippen LogP contribution in [0.4, 0.5) is 11.8 Å². The molecule has 0 aliphatic carbocycles. The van der Waals surface area contributed by atoms with Crippen molar-refractivity contribution in [3.05, 3.63) is 30.0 Å². The summed E-state index contributed by atoms with van der Waals surface area (Å²) in [5.41, 5.74) is 1.07. The lowest BCUT2D eigenvalue weighted by molar-refractivity contribution is 0.0964. The van der Waals surface area contributed by atoms with Gasteiger partial charge in [-0.1, -0.05) is 0 Å². The van der Waals surface area contributed by atoms with Crippen molar-refractivity contribution in [2.75, 3.05) is 44.1 Å². The Morgan fingerprint density at radius 1 is 1.38 bits per heavy atom. The minimum atomic E-state index is 0.110. The first-order valence-electron chi connectivity index (χ1n) is 8.09. The molecule has 8 nitrogen and oxygen atoms in total. The molecule has 0 bridgehead atoms. The van der Waals surface area contributed by atoms with E-state index in [-0.39, 0.29) is 12.1 Å². The van der Waals surface area contributed by atoms with Crippen LogP contribution in [0.25, 0.3) is 0 Å². The Bertz CT molecular complexity index is 672. The van der Waals surface area contributed by atoms with Crippen molar-refractivity contribution in [2.24, 2.45) is 0 Å². The van der Waals surface area contributed by atoms with E-state index in [9.17, 15) is 0 Å². The van der Waals surface area contributed by atoms with E-state index in [1.807, 2.05) is 38.2 Å². The lowest BCUT2D eigenvalue weighted by Crippen LogP contribution is -2.39. The molecule has 3 heterocycles. The summed E-state index contributed by atoms with van der Waals surface area (Å²) in [4.78, 5) is 20.6. The molecule has 0 radical (unpaired) electrons. The number of nitrogens with one attached hydrogen (secondary N) is 2. The number of rotatable bonds is 6. The maximum Gasteiger partial charge on any atom is 0.226 e. The quantitative estimate of drug-likeness (QED) is 0.801. The van der Waals surface area contributed by atoms with Gasteiger partial charge < -0.3 is 24.8 Å². The number of aryl methyl sites for hydroxylation is 1. The Kier molecular flexibility index (Phi) is 4.96. The summed E-state index contributed by atoms with van der Waals surface area (Å²) >= 11 is 0. The Morgan fingerprint density at radius 3 is 2.88 bits per heavy atom. The van der Waals surface area contributed by atoms with Gasteiger partial charge in [0.25, 0.3) is 0 Å². The predicted octanol–water partition coefficient (Wildman–Crippen LogP) is 0.568. The number of methoxy groups -OCH3 is 1. The first-order valence-corrected chi connectivity index (χ1v) is 8.09. The van der Waals surface area contributed by atoms with Crippen molar-refractivity contribution < 1.29 is 4.74 Å². The van der Waals surface area contributed by atoms with E-state index in [1.165, 1.54) is 0 Å². The summed E-state index contributed by atoms with van der Waals surface area (Å²) in [6.45, 7) is 4.33. The second-order valence-electron chi connectivity index (χ2n) is 6.29. The van der Waals surface area contributed by atoms with Crippen molar-refractivity contribution in [3.8, 4) is 0 Å². The highest BCUT2D eigenvalue weighted by Gasteiger charge is 2.33. The molecule has 1 saturated heterocycles. The van der Waals surface area contributed by atoms with Crippen molar-refractivity contribution in [3.63, 3.8) is 0 Å². The highest BCUT2D eigenvalue weighted by Crippen LogP contribution is 2.21. The van der Waals surface area contributed by atoms with E-state index >= 15 is 0 Å². The summed E-state index contributed by atoms with van der Waals surface area (Å²) in [5.74, 6) is 2.58. The molecule has 2 atom stereocenters. The van der Waals surface area contributed by atoms with Gasteiger partial charge in [-0.15, -0.1) is 0 Å². The fraction of sp³-hybridized carbons (Fsp3) is 0.562. The van der Waals surface area contributed by atoms with Gasteiger partial charge in [-0.2, -0.15) is 4.98 Å². The molecule has 2 aromatic heterocycles. The van der Waals surface area contributed by atoms with E-state index in [0.29, 0.717) is 12.5 Å². The Labute approximate surface area is 142 Å². The molecular formula is C16H25N7O. The van der Waals surface area contributed by atoms with Crippen molar-refractivity contribution in [2.45, 2.75) is 25.6 Å². The van der Waals surface area contributed by atoms with Gasteiger partial charge in [0.1, 0.15) is 11.6 Å². The van der Waals surface area contributed by atoms with Crippen LogP contribution in [0.2, 0.25) is 0 Å². The van der Waals surface area contributed by atoms with E-state index in [2.05, 4.69) is 30.2 Å². The molecule has 1 fully saturated rings. The summed E-state index contributed by atoms with van der Waals surface area (Å²) in [6, 6.07) is 2.16. The van der Waals surface area contributed by atoms with Crippen LogP contribution in [-0.2, 0) is 11.3 Å². The highest BCUT2D eigenvalue weighted by atomic mass is 16.5. The number of aromatic amines is 1. The minimum Gasteiger partial charge on any atom is -0.378 e. The lowest BCUT2D eigenvalue weighted by Gasteiger charge is -2.19. The third-order valence-corrected chi connectivity index (χ3v) is 4.21. The molecule has 1 aliphatic rings. The molecule has 24 heavy (non-hydrogen) atoms. The molecule has 3 rings (SSSR count). The molecular weight excluding hydrogens is 306 g/mol. The van der Waals surface area contributed by atoms with E-state index in [1.54, 1.807) is 13.3 Å². The molecule has 0 amide bonds. The van der Waals surface area contributed by atoms with Gasteiger partial charge in [-0.25, -0.2) is 9.97 Å². The number of hydrogen-bond donors (Lipinski definition) is 2. The highest BCUT2D eigenvalue weighted by molar-refractivity contribution is 5.45. The summed E-state index contributed by atoms with van der Waals surface area (Å²) in [5, 5.41) is 3.54. The molecule has 2 N–H and O–H groups in total. The van der Waals surface area contributed by atoms with Gasteiger partial charge in [0.05, 0.1) is 18.7 Å². The molecule has 1 aliphatic heterocycles. The Morgan fingerprint density at radius 2 is 2.21 bits per heavy atom. The molecule has 0 aromatic carbocycles. The largest absolute Gasteiger partial charge is 0.378 e. The molecule has 0 unspecified atom stereocenters. The monoisotopic (exact) mass is 331 g/mol. The number of anilines is 2. The zero-order valence-electron chi connectivity index (χ0n) is 14.7. The number of imidazole rings is 1. The summed E-state index contributed by atoms with van der Waals surface area (Å²) in [7, 11) is 5.64. The smallest absolute Gasteiger partial charge is 0.226 e. The number of ether oxygens (including phenoxy) is 1. The zero-order valence-corrected chi connectivity index (χ0v) is 14.7. The van der Waals surface area contributed by atoms with Gasteiger partial charge in [0.15, 0.2) is 0 Å². The van der Waals surface area contributed by atoms with Crippen LogP contribution in [0.3, 0.4) is 0 Å². The second-order valence-corrected chi connectivity index (χ2v) is 6.29. The molecule has 0 saturated carbocycles. The third kappa shape index (κ3) is 3.65. The Hall–Kier alpha value is -2.19. The number of hydrogen-bond acceptors (Lipinski definition) is 7. The fourth-order valence-corrected chi connectivity index (χ4v) is 2.91. The van der Waals surface area contributed by atoms with Crippen LogP contribution in [0, 0.1) is 6.92 Å². The summed E-state index contributed by atoms with van der Waals surface area (Å²) < 4.78 is 5.66. The van der Waals surface area contributed by atoms with Crippen LogP contribution >= 0.6 is 0 Å². The third-order valence-electron chi connectivity index (χ3n) is 4.21. The van der Waals surface area contributed by atoms with Crippen molar-refractivity contribution in [1.29, 1.82) is 0 Å². The average Bonchev–Trinajstić information content (AvgIpc) is 3.18. The van der Waals surface area contributed by atoms with Crippen molar-refractivity contribution in [1.82, 2.24) is 25.3 Å². The fourth-order valence-electron chi connectivity index (χ4n) is 2.91. The van der Waals surface area contributed by atoms with Crippen LogP contribution < -0.4 is 15.1 Å². The maximum absolute atomic E-state index is 5.66. The normalized spacial score (nSPS) is 20.6. The van der Waals surface area contributed by atoms with Crippen LogP contribution in [0.15, 0.2) is 18.5 Å². The number of nitrogens with zero attached hydrogens (tertiary/aromatic N) is 5. The molecule has 130 valence electrons. The predicted molar refractivity (Wildman–Crippen MR) is 93.3 cm³/mol. The minimum absolute atomic E-state index is 0.110. The summed E-state index contributed by atoms with van der Waals surface area (Å²) in [6.07, 6.45) is 3.75. The van der Waals surface area contributed by atoms with E-state index in [4.69, 9.17) is 4.74 Å². The Balaban J connectivity index is 1.66. The van der Waals surface area contributed by atoms with Crippen LogP contribution in [0.5, 0.6) is 0 Å². The first-order chi connectivity index (χ1) is 11.6. The molecule has 0 spiro atoms.